The summed E-state index contributed by atoms with van der Waals surface area (Å²) in [6.45, 7) is 1.21. The topological polar surface area (TPSA) is 75.4 Å². The zero-order valence-electron chi connectivity index (χ0n) is 9.22. The van der Waals surface area contributed by atoms with Gasteiger partial charge in [-0.25, -0.2) is 0 Å². The third-order valence-electron chi connectivity index (χ3n) is 3.50. The SMILES string of the molecule is Nc1ccc(N2C[C@H]3C(=O)NC(=O)[C@@H]3C2)cc1. The number of nitrogens with zero attached hydrogens (tertiary/aromatic N) is 1. The number of benzene rings is 1. The number of amides is 2. The Morgan fingerprint density at radius 2 is 1.59 bits per heavy atom. The van der Waals surface area contributed by atoms with Gasteiger partial charge in [0.15, 0.2) is 0 Å². The molecular weight excluding hydrogens is 218 g/mol. The van der Waals surface area contributed by atoms with Crippen LogP contribution >= 0.6 is 0 Å². The van der Waals surface area contributed by atoms with Crippen LogP contribution in [0, 0.1) is 11.8 Å². The fraction of sp³-hybridized carbons (Fsp3) is 0.333. The molecule has 0 saturated carbocycles. The molecule has 1 aromatic carbocycles. The van der Waals surface area contributed by atoms with E-state index in [0.29, 0.717) is 18.8 Å². The number of carbonyl (C=O) groups excluding carboxylic acids is 2. The van der Waals surface area contributed by atoms with E-state index in [4.69, 9.17) is 5.73 Å². The molecule has 1 aromatic rings. The molecule has 2 atom stereocenters. The molecular formula is C12H13N3O2. The predicted molar refractivity (Wildman–Crippen MR) is 63.2 cm³/mol. The summed E-state index contributed by atoms with van der Waals surface area (Å²) in [5.41, 5.74) is 7.34. The van der Waals surface area contributed by atoms with Crippen LogP contribution in [0.5, 0.6) is 0 Å². The lowest BCUT2D eigenvalue weighted by molar-refractivity contribution is -0.126. The third-order valence-corrected chi connectivity index (χ3v) is 3.50. The zero-order valence-corrected chi connectivity index (χ0v) is 9.22. The monoisotopic (exact) mass is 231 g/mol. The first-order valence-corrected chi connectivity index (χ1v) is 5.60. The standard InChI is InChI=1S/C12H13N3O2/c13-7-1-3-8(4-2-7)15-5-9-10(6-15)12(17)14-11(9)16/h1-4,9-10H,5-6,13H2,(H,14,16,17)/t9-,10-/m1/s1. The second-order valence-electron chi connectivity index (χ2n) is 4.56. The molecule has 2 aliphatic rings. The van der Waals surface area contributed by atoms with Crippen LogP contribution in [0.2, 0.25) is 0 Å². The van der Waals surface area contributed by atoms with Crippen LogP contribution in [-0.2, 0) is 9.59 Å². The molecule has 0 spiro atoms. The van der Waals surface area contributed by atoms with Gasteiger partial charge in [0, 0.05) is 24.5 Å². The number of hydrogen-bond acceptors (Lipinski definition) is 4. The van der Waals surface area contributed by atoms with Crippen LogP contribution in [0.1, 0.15) is 0 Å². The van der Waals surface area contributed by atoms with Gasteiger partial charge >= 0.3 is 0 Å². The number of nitrogens with two attached hydrogens (primary N) is 1. The van der Waals surface area contributed by atoms with E-state index in [0.717, 1.165) is 5.69 Å². The van der Waals surface area contributed by atoms with Crippen molar-refractivity contribution in [3.8, 4) is 0 Å². The zero-order chi connectivity index (χ0) is 12.0. The maximum atomic E-state index is 11.5. The Labute approximate surface area is 98.6 Å². The minimum absolute atomic E-state index is 0.141. The van der Waals surface area contributed by atoms with E-state index >= 15 is 0 Å². The van der Waals surface area contributed by atoms with Crippen LogP contribution in [0.4, 0.5) is 11.4 Å². The molecule has 0 bridgehead atoms. The Bertz CT molecular complexity index is 461. The maximum absolute atomic E-state index is 11.5. The molecule has 3 N–H and O–H groups in total. The number of nitrogens with one attached hydrogen (secondary N) is 1. The summed E-state index contributed by atoms with van der Waals surface area (Å²) >= 11 is 0. The number of nitrogen functional groups attached to an aromatic ring is 1. The molecule has 2 heterocycles. The van der Waals surface area contributed by atoms with Crippen molar-refractivity contribution in [2.45, 2.75) is 0 Å². The molecule has 5 nitrogen and oxygen atoms in total. The lowest BCUT2D eigenvalue weighted by Gasteiger charge is -2.19. The number of anilines is 2. The van der Waals surface area contributed by atoms with Crippen LogP contribution in [0.3, 0.4) is 0 Å². The Morgan fingerprint density at radius 3 is 2.12 bits per heavy atom. The largest absolute Gasteiger partial charge is 0.399 e. The van der Waals surface area contributed by atoms with Gasteiger partial charge in [0.2, 0.25) is 11.8 Å². The summed E-state index contributed by atoms with van der Waals surface area (Å²) in [4.78, 5) is 25.1. The number of fused-ring (bicyclic) bond motifs is 1. The average Bonchev–Trinajstić information content (AvgIpc) is 2.83. The van der Waals surface area contributed by atoms with Crippen molar-refractivity contribution < 1.29 is 9.59 Å². The van der Waals surface area contributed by atoms with Crippen LogP contribution < -0.4 is 16.0 Å². The smallest absolute Gasteiger partial charge is 0.232 e. The lowest BCUT2D eigenvalue weighted by Crippen LogP contribution is -2.31. The lowest BCUT2D eigenvalue weighted by atomic mass is 10.00. The first kappa shape index (κ1) is 10.1. The van der Waals surface area contributed by atoms with Crippen molar-refractivity contribution in [3.63, 3.8) is 0 Å². The Kier molecular flexibility index (Phi) is 2.07. The van der Waals surface area contributed by atoms with Crippen molar-refractivity contribution in [1.29, 1.82) is 0 Å². The highest BCUT2D eigenvalue weighted by atomic mass is 16.2. The Hall–Kier alpha value is -2.04. The number of hydrogen-bond donors (Lipinski definition) is 2. The van der Waals surface area contributed by atoms with Crippen molar-refractivity contribution in [2.24, 2.45) is 11.8 Å². The molecule has 3 rings (SSSR count). The summed E-state index contributed by atoms with van der Waals surface area (Å²) in [6, 6.07) is 7.48. The van der Waals surface area contributed by atoms with Crippen molar-refractivity contribution in [3.05, 3.63) is 24.3 Å². The first-order valence-electron chi connectivity index (χ1n) is 5.60. The third kappa shape index (κ3) is 1.54. The average molecular weight is 231 g/mol. The second kappa shape index (κ2) is 3.48. The van der Waals surface area contributed by atoms with Gasteiger partial charge in [-0.15, -0.1) is 0 Å². The van der Waals surface area contributed by atoms with Gasteiger partial charge < -0.3 is 10.6 Å². The summed E-state index contributed by atoms with van der Waals surface area (Å²) < 4.78 is 0. The van der Waals surface area contributed by atoms with E-state index in [2.05, 4.69) is 10.2 Å². The van der Waals surface area contributed by atoms with E-state index in [1.54, 1.807) is 0 Å². The first-order chi connectivity index (χ1) is 8.15. The van der Waals surface area contributed by atoms with Gasteiger partial charge in [0.25, 0.3) is 0 Å². The van der Waals surface area contributed by atoms with Gasteiger partial charge in [-0.05, 0) is 24.3 Å². The van der Waals surface area contributed by atoms with Gasteiger partial charge in [0.05, 0.1) is 11.8 Å². The highest BCUT2D eigenvalue weighted by Gasteiger charge is 2.47. The van der Waals surface area contributed by atoms with E-state index in [1.807, 2.05) is 24.3 Å². The fourth-order valence-corrected chi connectivity index (χ4v) is 2.54. The van der Waals surface area contributed by atoms with Gasteiger partial charge in [-0.3, -0.25) is 14.9 Å². The molecule has 2 amide bonds. The summed E-state index contributed by atoms with van der Waals surface area (Å²) in [6.07, 6.45) is 0. The van der Waals surface area contributed by atoms with Crippen molar-refractivity contribution >= 4 is 23.2 Å². The summed E-state index contributed by atoms with van der Waals surface area (Å²) in [7, 11) is 0. The molecule has 0 unspecified atom stereocenters. The molecule has 0 aliphatic carbocycles. The number of rotatable bonds is 1. The van der Waals surface area contributed by atoms with Crippen LogP contribution in [0.15, 0.2) is 24.3 Å². The maximum Gasteiger partial charge on any atom is 0.232 e. The minimum atomic E-state index is -0.194. The van der Waals surface area contributed by atoms with Crippen molar-refractivity contribution in [2.75, 3.05) is 23.7 Å². The normalized spacial score (nSPS) is 27.2. The molecule has 17 heavy (non-hydrogen) atoms. The van der Waals surface area contributed by atoms with E-state index < -0.39 is 0 Å². The fourth-order valence-electron chi connectivity index (χ4n) is 2.54. The van der Waals surface area contributed by atoms with Crippen molar-refractivity contribution in [1.82, 2.24) is 5.32 Å². The van der Waals surface area contributed by atoms with Gasteiger partial charge in [-0.2, -0.15) is 0 Å². The van der Waals surface area contributed by atoms with E-state index in [-0.39, 0.29) is 23.7 Å². The highest BCUT2D eigenvalue weighted by Crippen LogP contribution is 2.32. The van der Waals surface area contributed by atoms with E-state index in [1.165, 1.54) is 0 Å². The molecule has 2 aliphatic heterocycles. The molecule has 0 aromatic heterocycles. The van der Waals surface area contributed by atoms with Crippen LogP contribution in [-0.4, -0.2) is 24.9 Å². The second-order valence-corrected chi connectivity index (χ2v) is 4.56. The molecule has 88 valence electrons. The molecule has 2 saturated heterocycles. The Morgan fingerprint density at radius 1 is 1.06 bits per heavy atom. The highest BCUT2D eigenvalue weighted by molar-refractivity contribution is 6.06. The quantitative estimate of drug-likeness (QED) is 0.526. The molecule has 2 fully saturated rings. The molecule has 0 radical (unpaired) electrons. The molecule has 5 heteroatoms. The Balaban J connectivity index is 1.83. The van der Waals surface area contributed by atoms with Gasteiger partial charge in [0.1, 0.15) is 0 Å². The van der Waals surface area contributed by atoms with Gasteiger partial charge in [-0.1, -0.05) is 0 Å². The number of carbonyl (C=O) groups is 2. The van der Waals surface area contributed by atoms with Crippen LogP contribution in [0.25, 0.3) is 0 Å². The minimum Gasteiger partial charge on any atom is -0.399 e. The summed E-state index contributed by atoms with van der Waals surface area (Å²) in [5, 5.41) is 2.38. The number of imide groups is 1. The van der Waals surface area contributed by atoms with E-state index in [9.17, 15) is 9.59 Å². The summed E-state index contributed by atoms with van der Waals surface area (Å²) in [5.74, 6) is -0.670. The predicted octanol–water partition coefficient (Wildman–Crippen LogP) is -0.0224.